The molecular formula is C22H35IN6O3. The van der Waals surface area contributed by atoms with E-state index in [0.717, 1.165) is 39.0 Å². The summed E-state index contributed by atoms with van der Waals surface area (Å²) in [6.45, 7) is 6.97. The van der Waals surface area contributed by atoms with Crippen LogP contribution >= 0.6 is 24.0 Å². The average molecular weight is 558 g/mol. The number of hydrogen-bond donors (Lipinski definition) is 2. The van der Waals surface area contributed by atoms with E-state index in [9.17, 15) is 9.59 Å². The Bertz CT molecular complexity index is 747. The maximum atomic E-state index is 12.5. The molecule has 0 atom stereocenters. The van der Waals surface area contributed by atoms with Gasteiger partial charge < -0.3 is 30.5 Å². The van der Waals surface area contributed by atoms with E-state index in [4.69, 9.17) is 10.5 Å². The number of amides is 2. The Morgan fingerprint density at radius 3 is 2.34 bits per heavy atom. The number of nitrogens with two attached hydrogens (primary N) is 1. The van der Waals surface area contributed by atoms with Crippen molar-refractivity contribution in [3.63, 3.8) is 0 Å². The van der Waals surface area contributed by atoms with Gasteiger partial charge in [-0.05, 0) is 31.9 Å². The molecule has 1 aromatic carbocycles. The number of aliphatic imine (C=N–C) groups is 1. The van der Waals surface area contributed by atoms with E-state index in [1.165, 1.54) is 5.69 Å². The van der Waals surface area contributed by atoms with Gasteiger partial charge in [0.2, 0.25) is 5.91 Å². The molecule has 1 aromatic rings. The summed E-state index contributed by atoms with van der Waals surface area (Å²) in [4.78, 5) is 34.5. The Hall–Kier alpha value is -2.24. The molecule has 32 heavy (non-hydrogen) atoms. The van der Waals surface area contributed by atoms with Crippen LogP contribution in [0.1, 0.15) is 26.2 Å². The maximum Gasteiger partial charge on any atom is 0.409 e. The standard InChI is InChI=1S/C22H34N6O3.HI/c1-2-31-22(30)28-12-9-18(10-13-28)25-21(23)24-11-8-20(29)27-16-14-26(15-17-27)19-6-4-3-5-7-19;/h3-7,18H,2,8-17H2,1H3,(H3,23,24,25);1H. The van der Waals surface area contributed by atoms with E-state index in [-0.39, 0.29) is 42.0 Å². The molecule has 10 heteroatoms. The highest BCUT2D eigenvalue weighted by molar-refractivity contribution is 14.0. The molecule has 2 fully saturated rings. The summed E-state index contributed by atoms with van der Waals surface area (Å²) >= 11 is 0. The summed E-state index contributed by atoms with van der Waals surface area (Å²) in [6.07, 6.45) is 1.68. The van der Waals surface area contributed by atoms with Crippen LogP contribution in [0, 0.1) is 0 Å². The predicted octanol–water partition coefficient (Wildman–Crippen LogP) is 1.87. The summed E-state index contributed by atoms with van der Waals surface area (Å²) in [5.74, 6) is 0.475. The second kappa shape index (κ2) is 13.3. The first-order chi connectivity index (χ1) is 15.1. The Labute approximate surface area is 207 Å². The summed E-state index contributed by atoms with van der Waals surface area (Å²) in [5.41, 5.74) is 7.20. The van der Waals surface area contributed by atoms with Gasteiger partial charge in [0.05, 0.1) is 13.2 Å². The third-order valence-electron chi connectivity index (χ3n) is 5.73. The molecule has 0 bridgehead atoms. The lowest BCUT2D eigenvalue weighted by molar-refractivity contribution is -0.131. The molecular weight excluding hydrogens is 523 g/mol. The molecule has 0 aromatic heterocycles. The number of para-hydroxylation sites is 1. The molecule has 2 aliphatic heterocycles. The zero-order valence-corrected chi connectivity index (χ0v) is 21.1. The van der Waals surface area contributed by atoms with Crippen molar-refractivity contribution >= 4 is 47.6 Å². The zero-order chi connectivity index (χ0) is 22.1. The fraction of sp³-hybridized carbons (Fsp3) is 0.591. The number of likely N-dealkylation sites (tertiary alicyclic amines) is 1. The van der Waals surface area contributed by atoms with Crippen LogP contribution in [0.25, 0.3) is 0 Å². The first-order valence-electron chi connectivity index (χ1n) is 11.1. The molecule has 0 spiro atoms. The van der Waals surface area contributed by atoms with Crippen molar-refractivity contribution in [3.05, 3.63) is 30.3 Å². The number of carbonyl (C=O) groups excluding carboxylic acids is 2. The first-order valence-corrected chi connectivity index (χ1v) is 11.1. The SMILES string of the molecule is CCOC(=O)N1CCC(NC(N)=NCCC(=O)N2CCN(c3ccccc3)CC2)CC1.I. The number of ether oxygens (including phenoxy) is 1. The third-order valence-corrected chi connectivity index (χ3v) is 5.73. The van der Waals surface area contributed by atoms with Crippen molar-refractivity contribution in [1.29, 1.82) is 0 Å². The van der Waals surface area contributed by atoms with Gasteiger partial charge in [0.1, 0.15) is 0 Å². The molecule has 3 N–H and O–H groups in total. The van der Waals surface area contributed by atoms with Crippen molar-refractivity contribution in [1.82, 2.24) is 15.1 Å². The first kappa shape index (κ1) is 26.0. The lowest BCUT2D eigenvalue weighted by Gasteiger charge is -2.36. The molecule has 2 aliphatic rings. The van der Waals surface area contributed by atoms with Gasteiger partial charge in [-0.15, -0.1) is 24.0 Å². The Balaban J connectivity index is 0.00000363. The molecule has 3 rings (SSSR count). The number of hydrogen-bond acceptors (Lipinski definition) is 5. The molecule has 178 valence electrons. The molecule has 0 saturated carbocycles. The maximum absolute atomic E-state index is 12.5. The van der Waals surface area contributed by atoms with E-state index in [1.807, 2.05) is 23.1 Å². The van der Waals surface area contributed by atoms with Crippen LogP contribution in [0.5, 0.6) is 0 Å². The van der Waals surface area contributed by atoms with Crippen LogP contribution in [-0.4, -0.2) is 86.2 Å². The number of benzene rings is 1. The number of carbonyl (C=O) groups is 2. The number of piperidine rings is 1. The number of anilines is 1. The highest BCUT2D eigenvalue weighted by Gasteiger charge is 2.24. The molecule has 0 aliphatic carbocycles. The van der Waals surface area contributed by atoms with Gasteiger partial charge in [-0.3, -0.25) is 9.79 Å². The second-order valence-corrected chi connectivity index (χ2v) is 7.82. The Morgan fingerprint density at radius 2 is 1.72 bits per heavy atom. The monoisotopic (exact) mass is 558 g/mol. The van der Waals surface area contributed by atoms with Crippen LogP contribution in [-0.2, 0) is 9.53 Å². The minimum absolute atomic E-state index is 0. The molecule has 9 nitrogen and oxygen atoms in total. The minimum Gasteiger partial charge on any atom is -0.450 e. The minimum atomic E-state index is -0.259. The fourth-order valence-corrected chi connectivity index (χ4v) is 3.96. The highest BCUT2D eigenvalue weighted by Crippen LogP contribution is 2.16. The van der Waals surface area contributed by atoms with Crippen LogP contribution < -0.4 is 16.0 Å². The Kier molecular flexibility index (Phi) is 10.8. The van der Waals surface area contributed by atoms with Crippen molar-refractivity contribution < 1.29 is 14.3 Å². The van der Waals surface area contributed by atoms with Crippen LogP contribution in [0.2, 0.25) is 0 Å². The van der Waals surface area contributed by atoms with Gasteiger partial charge in [-0.2, -0.15) is 0 Å². The van der Waals surface area contributed by atoms with E-state index in [0.29, 0.717) is 38.6 Å². The average Bonchev–Trinajstić information content (AvgIpc) is 2.80. The van der Waals surface area contributed by atoms with Crippen LogP contribution in [0.4, 0.5) is 10.5 Å². The van der Waals surface area contributed by atoms with Gasteiger partial charge in [-0.1, -0.05) is 18.2 Å². The highest BCUT2D eigenvalue weighted by atomic mass is 127. The number of guanidine groups is 1. The largest absolute Gasteiger partial charge is 0.450 e. The zero-order valence-electron chi connectivity index (χ0n) is 18.7. The van der Waals surface area contributed by atoms with E-state index in [2.05, 4.69) is 27.3 Å². The number of piperazine rings is 1. The number of rotatable bonds is 6. The van der Waals surface area contributed by atoms with Gasteiger partial charge in [0.25, 0.3) is 0 Å². The summed E-state index contributed by atoms with van der Waals surface area (Å²) in [6, 6.07) is 10.5. The fourth-order valence-electron chi connectivity index (χ4n) is 3.96. The van der Waals surface area contributed by atoms with Crippen molar-refractivity contribution in [2.24, 2.45) is 10.7 Å². The van der Waals surface area contributed by atoms with E-state index >= 15 is 0 Å². The lowest BCUT2D eigenvalue weighted by atomic mass is 10.1. The molecule has 2 amide bonds. The lowest BCUT2D eigenvalue weighted by Crippen LogP contribution is -2.49. The topological polar surface area (TPSA) is 104 Å². The van der Waals surface area contributed by atoms with Crippen molar-refractivity contribution in [3.8, 4) is 0 Å². The smallest absolute Gasteiger partial charge is 0.409 e. The third kappa shape index (κ3) is 7.72. The van der Waals surface area contributed by atoms with Crippen molar-refractivity contribution in [2.75, 3.05) is 57.3 Å². The van der Waals surface area contributed by atoms with Gasteiger partial charge in [0, 0.05) is 57.4 Å². The van der Waals surface area contributed by atoms with Gasteiger partial charge >= 0.3 is 6.09 Å². The summed E-state index contributed by atoms with van der Waals surface area (Å²) < 4.78 is 5.03. The second-order valence-electron chi connectivity index (χ2n) is 7.82. The number of halogens is 1. The normalized spacial score (nSPS) is 17.5. The quantitative estimate of drug-likeness (QED) is 0.314. The number of nitrogens with one attached hydrogen (secondary N) is 1. The van der Waals surface area contributed by atoms with Crippen LogP contribution in [0.3, 0.4) is 0 Å². The van der Waals surface area contributed by atoms with Gasteiger partial charge in [-0.25, -0.2) is 4.79 Å². The van der Waals surface area contributed by atoms with E-state index in [1.54, 1.807) is 11.8 Å². The summed E-state index contributed by atoms with van der Waals surface area (Å²) in [5, 5.41) is 3.20. The van der Waals surface area contributed by atoms with Crippen LogP contribution in [0.15, 0.2) is 35.3 Å². The summed E-state index contributed by atoms with van der Waals surface area (Å²) in [7, 11) is 0. The predicted molar refractivity (Wildman–Crippen MR) is 137 cm³/mol. The molecule has 2 heterocycles. The number of nitrogens with zero attached hydrogens (tertiary/aromatic N) is 4. The van der Waals surface area contributed by atoms with Crippen molar-refractivity contribution in [2.45, 2.75) is 32.2 Å². The molecule has 0 unspecified atom stereocenters. The van der Waals surface area contributed by atoms with Gasteiger partial charge in [0.15, 0.2) is 5.96 Å². The Morgan fingerprint density at radius 1 is 1.06 bits per heavy atom. The molecule has 2 saturated heterocycles. The van der Waals surface area contributed by atoms with E-state index < -0.39 is 0 Å². The molecule has 0 radical (unpaired) electrons.